The van der Waals surface area contributed by atoms with E-state index in [1.807, 2.05) is 6.07 Å². The van der Waals surface area contributed by atoms with Crippen LogP contribution >= 0.6 is 15.9 Å². The number of hydrogen-bond donors (Lipinski definition) is 0. The molecule has 0 bridgehead atoms. The van der Waals surface area contributed by atoms with E-state index in [2.05, 4.69) is 41.3 Å². The molecule has 0 N–H and O–H groups in total. The third-order valence-corrected chi connectivity index (χ3v) is 8.27. The molecule has 78 valence electrons. The Morgan fingerprint density at radius 3 is 2.50 bits per heavy atom. The number of rotatable bonds is 3. The monoisotopic (exact) mass is 275 g/mol. The van der Waals surface area contributed by atoms with Crippen molar-refractivity contribution in [1.29, 1.82) is 0 Å². The van der Waals surface area contributed by atoms with E-state index >= 15 is 0 Å². The van der Waals surface area contributed by atoms with Crippen LogP contribution < -0.4 is 5.19 Å². The molecule has 0 amide bonds. The summed E-state index contributed by atoms with van der Waals surface area (Å²) in [5.41, 5.74) is 0. The van der Waals surface area contributed by atoms with Crippen molar-refractivity contribution in [2.24, 2.45) is 0 Å². The third kappa shape index (κ3) is 2.23. The maximum Gasteiger partial charge on any atom is 0.140 e. The Morgan fingerprint density at radius 1 is 1.43 bits per heavy atom. The van der Waals surface area contributed by atoms with E-state index < -0.39 is 8.07 Å². The van der Waals surface area contributed by atoms with E-state index in [4.69, 9.17) is 0 Å². The van der Waals surface area contributed by atoms with E-state index in [-0.39, 0.29) is 5.82 Å². The van der Waals surface area contributed by atoms with Crippen molar-refractivity contribution >= 4 is 29.2 Å². The molecule has 1 heterocycles. The average Bonchev–Trinajstić information content (AvgIpc) is 2.20. The van der Waals surface area contributed by atoms with Crippen molar-refractivity contribution < 1.29 is 4.39 Å². The molecule has 1 aromatic heterocycles. The molecule has 14 heavy (non-hydrogen) atoms. The van der Waals surface area contributed by atoms with Crippen molar-refractivity contribution in [3.8, 4) is 0 Å². The van der Waals surface area contributed by atoms with E-state index in [9.17, 15) is 4.39 Å². The van der Waals surface area contributed by atoms with Crippen LogP contribution in [-0.2, 0) is 0 Å². The molecule has 1 nitrogen and oxygen atoms in total. The van der Waals surface area contributed by atoms with Crippen LogP contribution in [0.4, 0.5) is 4.39 Å². The summed E-state index contributed by atoms with van der Waals surface area (Å²) >= 11 is 3.29. The lowest BCUT2D eigenvalue weighted by Gasteiger charge is -2.25. The lowest BCUT2D eigenvalue weighted by molar-refractivity contribution is 0.627. The maximum absolute atomic E-state index is 13.6. The highest BCUT2D eigenvalue weighted by atomic mass is 79.9. The first-order valence-electron chi connectivity index (χ1n) is 4.85. The largest absolute Gasteiger partial charge is 0.246 e. The molecular formula is C10H15BrFNSi. The molecule has 0 aliphatic rings. The Kier molecular flexibility index (Phi) is 3.83. The molecular weight excluding hydrogens is 261 g/mol. The highest BCUT2D eigenvalue weighted by Gasteiger charge is 2.28. The zero-order valence-corrected chi connectivity index (χ0v) is 11.4. The maximum atomic E-state index is 13.6. The summed E-state index contributed by atoms with van der Waals surface area (Å²) in [5.74, 6) is -0.147. The van der Waals surface area contributed by atoms with Gasteiger partial charge >= 0.3 is 0 Å². The molecule has 0 aliphatic heterocycles. The van der Waals surface area contributed by atoms with Gasteiger partial charge in [0.15, 0.2) is 0 Å². The molecule has 4 heteroatoms. The molecule has 0 radical (unpaired) electrons. The Balaban J connectivity index is 3.22. The van der Waals surface area contributed by atoms with Gasteiger partial charge in [0.05, 0.1) is 14.3 Å². The standard InChI is InChI=1S/C10H15BrFNSi/c1-4-14(3,5-2)9-6-10(11)13-7-8(9)12/h6-7H,4-5H2,1-3H3. The number of halogens is 2. The fourth-order valence-electron chi connectivity index (χ4n) is 1.51. The van der Waals surface area contributed by atoms with Crippen LogP contribution in [0, 0.1) is 5.82 Å². The van der Waals surface area contributed by atoms with Gasteiger partial charge in [-0.25, -0.2) is 9.37 Å². The van der Waals surface area contributed by atoms with Crippen molar-refractivity contribution in [1.82, 2.24) is 4.98 Å². The molecule has 0 atom stereocenters. The number of hydrogen-bond acceptors (Lipinski definition) is 1. The highest BCUT2D eigenvalue weighted by Crippen LogP contribution is 2.17. The third-order valence-electron chi connectivity index (χ3n) is 3.03. The number of nitrogens with zero attached hydrogens (tertiary/aromatic N) is 1. The van der Waals surface area contributed by atoms with Crippen LogP contribution in [0.3, 0.4) is 0 Å². The van der Waals surface area contributed by atoms with Gasteiger partial charge in [-0.3, -0.25) is 0 Å². The van der Waals surface area contributed by atoms with Crippen LogP contribution in [0.5, 0.6) is 0 Å². The first kappa shape index (κ1) is 11.8. The summed E-state index contributed by atoms with van der Waals surface area (Å²) in [6, 6.07) is 3.97. The van der Waals surface area contributed by atoms with Crippen LogP contribution in [-0.4, -0.2) is 13.1 Å². The van der Waals surface area contributed by atoms with E-state index in [1.165, 1.54) is 6.20 Å². The van der Waals surface area contributed by atoms with Gasteiger partial charge < -0.3 is 0 Å². The summed E-state index contributed by atoms with van der Waals surface area (Å²) in [4.78, 5) is 3.89. The van der Waals surface area contributed by atoms with E-state index in [0.717, 1.165) is 21.9 Å². The van der Waals surface area contributed by atoms with Gasteiger partial charge in [0.25, 0.3) is 0 Å². The Bertz CT molecular complexity index is 326. The second-order valence-corrected chi connectivity index (χ2v) is 9.64. The SMILES string of the molecule is CC[Si](C)(CC)c1cc(Br)ncc1F. The minimum absolute atomic E-state index is 0.147. The van der Waals surface area contributed by atoms with Crippen molar-refractivity contribution in [3.63, 3.8) is 0 Å². The second-order valence-electron chi connectivity index (χ2n) is 3.75. The fourth-order valence-corrected chi connectivity index (χ4v) is 4.44. The predicted molar refractivity (Wildman–Crippen MR) is 64.1 cm³/mol. The zero-order valence-electron chi connectivity index (χ0n) is 8.77. The van der Waals surface area contributed by atoms with Gasteiger partial charge in [-0.1, -0.05) is 32.5 Å². The molecule has 0 spiro atoms. The van der Waals surface area contributed by atoms with Gasteiger partial charge in [0.2, 0.25) is 0 Å². The van der Waals surface area contributed by atoms with Crippen LogP contribution in [0.1, 0.15) is 13.8 Å². The van der Waals surface area contributed by atoms with Gasteiger partial charge in [-0.15, -0.1) is 0 Å². The molecule has 0 saturated heterocycles. The van der Waals surface area contributed by atoms with Crippen LogP contribution in [0.25, 0.3) is 0 Å². The zero-order chi connectivity index (χ0) is 10.8. The van der Waals surface area contributed by atoms with E-state index in [0.29, 0.717) is 0 Å². The lowest BCUT2D eigenvalue weighted by Crippen LogP contribution is -2.45. The lowest BCUT2D eigenvalue weighted by atomic mass is 10.5. The first-order chi connectivity index (χ1) is 6.53. The number of pyridine rings is 1. The minimum Gasteiger partial charge on any atom is -0.246 e. The van der Waals surface area contributed by atoms with Crippen molar-refractivity contribution in [2.45, 2.75) is 32.5 Å². The Hall–Kier alpha value is -0.223. The van der Waals surface area contributed by atoms with Gasteiger partial charge in [-0.05, 0) is 27.2 Å². The van der Waals surface area contributed by atoms with Crippen LogP contribution in [0.15, 0.2) is 16.9 Å². The average molecular weight is 276 g/mol. The summed E-state index contributed by atoms with van der Waals surface area (Å²) in [5, 5.41) is 0.893. The van der Waals surface area contributed by atoms with Gasteiger partial charge in [0.1, 0.15) is 10.4 Å². The molecule has 0 aromatic carbocycles. The molecule has 0 saturated carbocycles. The molecule has 0 unspecified atom stereocenters. The van der Waals surface area contributed by atoms with Crippen molar-refractivity contribution in [3.05, 3.63) is 22.7 Å². The van der Waals surface area contributed by atoms with E-state index in [1.54, 1.807) is 0 Å². The Labute approximate surface area is 93.9 Å². The van der Waals surface area contributed by atoms with Crippen LogP contribution in [0.2, 0.25) is 18.6 Å². The molecule has 0 fully saturated rings. The van der Waals surface area contributed by atoms with Crippen molar-refractivity contribution in [2.75, 3.05) is 0 Å². The number of aromatic nitrogens is 1. The molecule has 1 rings (SSSR count). The quantitative estimate of drug-likeness (QED) is 0.609. The fraction of sp³-hybridized carbons (Fsp3) is 0.500. The minimum atomic E-state index is -1.59. The summed E-state index contributed by atoms with van der Waals surface area (Å²) < 4.78 is 14.3. The predicted octanol–water partition coefficient (Wildman–Crippen LogP) is 3.31. The van der Waals surface area contributed by atoms with Gasteiger partial charge in [-0.2, -0.15) is 0 Å². The summed E-state index contributed by atoms with van der Waals surface area (Å²) in [7, 11) is -1.59. The normalized spacial score (nSPS) is 11.8. The second kappa shape index (κ2) is 4.53. The molecule has 1 aromatic rings. The summed E-state index contributed by atoms with van der Waals surface area (Å²) in [6.45, 7) is 6.50. The topological polar surface area (TPSA) is 12.9 Å². The molecule has 0 aliphatic carbocycles. The smallest absolute Gasteiger partial charge is 0.140 e. The highest BCUT2D eigenvalue weighted by molar-refractivity contribution is 9.10. The first-order valence-corrected chi connectivity index (χ1v) is 8.55. The summed E-state index contributed by atoms with van der Waals surface area (Å²) in [6.07, 6.45) is 1.32. The van der Waals surface area contributed by atoms with Gasteiger partial charge in [0, 0.05) is 0 Å². The Morgan fingerprint density at radius 2 is 2.00 bits per heavy atom.